The van der Waals surface area contributed by atoms with E-state index in [0.717, 1.165) is 0 Å². The quantitative estimate of drug-likeness (QED) is 0.535. The first-order valence-electron chi connectivity index (χ1n) is 0. The Morgan fingerprint density at radius 2 is 0.800 bits per heavy atom. The smallest absolute Gasteiger partial charge is 2.00 e. The molecular formula is O2RuSnTi. The van der Waals surface area contributed by atoms with Gasteiger partial charge < -0.3 is 11.0 Å². The molecule has 0 aromatic rings. The minimum Gasteiger partial charge on any atom is -2.00 e. The van der Waals surface area contributed by atoms with E-state index in [-0.39, 0.29) is 76.1 Å². The van der Waals surface area contributed by atoms with E-state index in [1.165, 1.54) is 0 Å². The Balaban J connectivity index is 0. The van der Waals surface area contributed by atoms with E-state index in [4.69, 9.17) is 0 Å². The summed E-state index contributed by atoms with van der Waals surface area (Å²) < 4.78 is 0. The SMILES string of the molecule is [O-2].[O-2].[Ru].[Sn+4].[Ti]. The molecule has 0 fully saturated rings. The molecule has 0 amide bonds. The van der Waals surface area contributed by atoms with Crippen LogP contribution in [0.25, 0.3) is 0 Å². The van der Waals surface area contributed by atoms with Crippen molar-refractivity contribution in [2.45, 2.75) is 0 Å². The van der Waals surface area contributed by atoms with Gasteiger partial charge in [-0.05, 0) is 0 Å². The van der Waals surface area contributed by atoms with Gasteiger partial charge in [0.25, 0.3) is 0 Å². The Morgan fingerprint density at radius 3 is 0.800 bits per heavy atom. The van der Waals surface area contributed by atoms with E-state index in [0.29, 0.717) is 0 Å². The number of rotatable bonds is 0. The summed E-state index contributed by atoms with van der Waals surface area (Å²) in [5.74, 6) is 0. The molecule has 0 saturated carbocycles. The van der Waals surface area contributed by atoms with Crippen LogP contribution in [0.15, 0.2) is 0 Å². The van der Waals surface area contributed by atoms with E-state index in [9.17, 15) is 0 Å². The van der Waals surface area contributed by atoms with Gasteiger partial charge in [-0.1, -0.05) is 0 Å². The maximum atomic E-state index is 0. The van der Waals surface area contributed by atoms with Crippen LogP contribution >= 0.6 is 0 Å². The third-order valence-corrected chi connectivity index (χ3v) is 0. The van der Waals surface area contributed by atoms with Crippen LogP contribution in [0.5, 0.6) is 0 Å². The van der Waals surface area contributed by atoms with Gasteiger partial charge in [0.2, 0.25) is 0 Å². The molecule has 0 aromatic carbocycles. The van der Waals surface area contributed by atoms with Crippen molar-refractivity contribution < 1.29 is 52.1 Å². The van der Waals surface area contributed by atoms with Crippen LogP contribution in [0, 0.1) is 0 Å². The summed E-state index contributed by atoms with van der Waals surface area (Å²) in [7, 11) is 0. The van der Waals surface area contributed by atoms with Crippen molar-refractivity contribution in [1.82, 2.24) is 0 Å². The fourth-order valence-corrected chi connectivity index (χ4v) is 0. The maximum Gasteiger partial charge on any atom is 4.00 e. The molecule has 0 bridgehead atoms. The van der Waals surface area contributed by atoms with Crippen LogP contribution in [0.1, 0.15) is 0 Å². The van der Waals surface area contributed by atoms with Crippen molar-refractivity contribution >= 4 is 23.9 Å². The first-order valence-corrected chi connectivity index (χ1v) is 0. The monoisotopic (exact) mass is 302 g/mol. The fourth-order valence-electron chi connectivity index (χ4n) is 0. The van der Waals surface area contributed by atoms with Gasteiger partial charge >= 0.3 is 23.9 Å². The second-order valence-electron chi connectivity index (χ2n) is 0. The van der Waals surface area contributed by atoms with Gasteiger partial charge in [0, 0.05) is 41.2 Å². The zero-order valence-corrected chi connectivity index (χ0v) is 8.32. The molecule has 0 radical (unpaired) electrons. The summed E-state index contributed by atoms with van der Waals surface area (Å²) in [4.78, 5) is 0. The first-order chi connectivity index (χ1) is 0. The number of hydrogen-bond donors (Lipinski definition) is 0. The number of hydrogen-bond acceptors (Lipinski definition) is 0. The summed E-state index contributed by atoms with van der Waals surface area (Å²) in [6.07, 6.45) is 0. The summed E-state index contributed by atoms with van der Waals surface area (Å²) in [6.45, 7) is 0. The van der Waals surface area contributed by atoms with Crippen LogP contribution in [0.3, 0.4) is 0 Å². The molecule has 0 spiro atoms. The van der Waals surface area contributed by atoms with Gasteiger partial charge in [-0.3, -0.25) is 0 Å². The van der Waals surface area contributed by atoms with Crippen molar-refractivity contribution in [3.63, 3.8) is 0 Å². The van der Waals surface area contributed by atoms with Crippen molar-refractivity contribution in [3.05, 3.63) is 0 Å². The zero-order chi connectivity index (χ0) is 0. The molecule has 28 valence electrons. The molecule has 0 N–H and O–H groups in total. The van der Waals surface area contributed by atoms with Gasteiger partial charge in [-0.15, -0.1) is 0 Å². The standard InChI is InChI=1S/2O.Ru.Sn.Ti/q2*-2;;+4;. The predicted molar refractivity (Wildman–Crippen MR) is 7.13 cm³/mol. The van der Waals surface area contributed by atoms with Crippen molar-refractivity contribution in [3.8, 4) is 0 Å². The van der Waals surface area contributed by atoms with E-state index >= 15 is 0 Å². The van der Waals surface area contributed by atoms with Crippen LogP contribution in [-0.4, -0.2) is 23.9 Å². The molecular weight excluding hydrogens is 300 g/mol. The Labute approximate surface area is 75.3 Å². The molecule has 0 saturated heterocycles. The molecule has 0 aliphatic rings. The Kier molecular flexibility index (Phi) is 448. The van der Waals surface area contributed by atoms with Crippen molar-refractivity contribution in [2.75, 3.05) is 0 Å². The van der Waals surface area contributed by atoms with Crippen molar-refractivity contribution in [1.29, 1.82) is 0 Å². The van der Waals surface area contributed by atoms with E-state index in [1.54, 1.807) is 0 Å². The summed E-state index contributed by atoms with van der Waals surface area (Å²) in [6, 6.07) is 0. The largest absolute Gasteiger partial charge is 4.00 e. The second kappa shape index (κ2) is 36.6. The van der Waals surface area contributed by atoms with Crippen LogP contribution in [-0.2, 0) is 52.1 Å². The molecule has 0 rings (SSSR count). The van der Waals surface area contributed by atoms with Gasteiger partial charge in [0.15, 0.2) is 0 Å². The Bertz CT molecular complexity index is 9.61. The third kappa shape index (κ3) is 23.6. The predicted octanol–water partition coefficient (Wildman–Crippen LogP) is -0.623. The molecule has 2 nitrogen and oxygen atoms in total. The summed E-state index contributed by atoms with van der Waals surface area (Å²) >= 11 is 0. The van der Waals surface area contributed by atoms with Crippen LogP contribution < -0.4 is 0 Å². The minimum atomic E-state index is 0. The van der Waals surface area contributed by atoms with E-state index in [2.05, 4.69) is 0 Å². The maximum absolute atomic E-state index is 0. The van der Waals surface area contributed by atoms with Gasteiger partial charge in [-0.2, -0.15) is 0 Å². The summed E-state index contributed by atoms with van der Waals surface area (Å²) in [5.41, 5.74) is 0. The Morgan fingerprint density at radius 1 is 0.800 bits per heavy atom. The molecule has 5 heteroatoms. The van der Waals surface area contributed by atoms with Gasteiger partial charge in [0.1, 0.15) is 0 Å². The summed E-state index contributed by atoms with van der Waals surface area (Å²) in [5, 5.41) is 0. The molecule has 0 aliphatic heterocycles. The molecule has 5 heavy (non-hydrogen) atoms. The van der Waals surface area contributed by atoms with Crippen LogP contribution in [0.4, 0.5) is 0 Å². The molecule has 0 heterocycles. The van der Waals surface area contributed by atoms with E-state index < -0.39 is 0 Å². The average Bonchev–Trinajstić information content (AvgIpc) is 0. The molecule has 0 atom stereocenters. The van der Waals surface area contributed by atoms with Crippen molar-refractivity contribution in [2.24, 2.45) is 0 Å². The third-order valence-electron chi connectivity index (χ3n) is 0. The molecule has 0 aliphatic carbocycles. The van der Waals surface area contributed by atoms with Gasteiger partial charge in [-0.25, -0.2) is 0 Å². The molecule has 0 unspecified atom stereocenters. The topological polar surface area (TPSA) is 57.0 Å². The average molecular weight is 300 g/mol. The first kappa shape index (κ1) is 61.2. The van der Waals surface area contributed by atoms with E-state index in [1.807, 2.05) is 0 Å². The molecule has 0 aromatic heterocycles. The van der Waals surface area contributed by atoms with Crippen LogP contribution in [0.2, 0.25) is 0 Å². The normalized spacial score (nSPS) is 0. The Hall–Kier alpha value is 2.06. The minimum absolute atomic E-state index is 0. The zero-order valence-electron chi connectivity index (χ0n) is 2.17. The fraction of sp³-hybridized carbons (Fsp3) is 0. The van der Waals surface area contributed by atoms with Gasteiger partial charge in [0.05, 0.1) is 0 Å². The second-order valence-corrected chi connectivity index (χ2v) is 0.